The van der Waals surface area contributed by atoms with E-state index in [0.717, 1.165) is 18.9 Å². The second-order valence-corrected chi connectivity index (χ2v) is 9.91. The SMILES string of the molecule is COC(=O)Nc1ccc(-c2cnc([C@@H]3CCc4cc(-c5cc(Cl)ccc5-n5cnnn5)cc(=O)n43)[nH]2)c(C(F)(F)F)c1. The lowest BCUT2D eigenvalue weighted by atomic mass is 10.0. The number of pyridine rings is 1. The van der Waals surface area contributed by atoms with E-state index >= 15 is 0 Å². The van der Waals surface area contributed by atoms with Gasteiger partial charge in [0.1, 0.15) is 12.2 Å². The van der Waals surface area contributed by atoms with E-state index in [1.807, 2.05) is 6.07 Å². The van der Waals surface area contributed by atoms with Crippen LogP contribution in [-0.2, 0) is 17.3 Å². The van der Waals surface area contributed by atoms with Crippen LogP contribution in [0.4, 0.5) is 23.7 Å². The van der Waals surface area contributed by atoms with Crippen LogP contribution in [0.3, 0.4) is 0 Å². The van der Waals surface area contributed by atoms with Crippen LogP contribution in [0.2, 0.25) is 5.02 Å². The van der Waals surface area contributed by atoms with Crippen LogP contribution in [0.15, 0.2) is 65.8 Å². The first-order valence-electron chi connectivity index (χ1n) is 12.5. The number of hydrogen-bond donors (Lipinski definition) is 2. The molecule has 15 heteroatoms. The van der Waals surface area contributed by atoms with Gasteiger partial charge in [0, 0.05) is 33.6 Å². The Morgan fingerprint density at radius 2 is 1.98 bits per heavy atom. The minimum absolute atomic E-state index is 0.0762. The lowest BCUT2D eigenvalue weighted by Gasteiger charge is -2.15. The molecule has 2 N–H and O–H groups in total. The number of carbonyl (C=O) groups is 1. The number of aromatic nitrogens is 7. The largest absolute Gasteiger partial charge is 0.453 e. The molecule has 42 heavy (non-hydrogen) atoms. The molecule has 1 aliphatic rings. The zero-order chi connectivity index (χ0) is 29.6. The van der Waals surface area contributed by atoms with E-state index in [9.17, 15) is 22.8 Å². The number of nitrogens with one attached hydrogen (secondary N) is 2. The number of tetrazole rings is 1. The first-order valence-corrected chi connectivity index (χ1v) is 12.9. The van der Waals surface area contributed by atoms with Crippen LogP contribution >= 0.6 is 11.6 Å². The highest BCUT2D eigenvalue weighted by Crippen LogP contribution is 2.39. The summed E-state index contributed by atoms with van der Waals surface area (Å²) in [5, 5.41) is 14.0. The number of alkyl halides is 3. The van der Waals surface area contributed by atoms with E-state index in [1.165, 1.54) is 35.4 Å². The maximum absolute atomic E-state index is 14.0. The summed E-state index contributed by atoms with van der Waals surface area (Å²) >= 11 is 6.27. The summed E-state index contributed by atoms with van der Waals surface area (Å²) in [5.74, 6) is 0.348. The van der Waals surface area contributed by atoms with Gasteiger partial charge >= 0.3 is 12.3 Å². The number of aryl methyl sites for hydroxylation is 1. The maximum Gasteiger partial charge on any atom is 0.417 e. The Hall–Kier alpha value is -4.98. The number of amides is 1. The van der Waals surface area contributed by atoms with Gasteiger partial charge in [-0.25, -0.2) is 9.78 Å². The molecule has 4 heterocycles. The van der Waals surface area contributed by atoms with Crippen LogP contribution in [0.5, 0.6) is 0 Å². The molecule has 0 radical (unpaired) electrons. The average Bonchev–Trinajstić information content (AvgIpc) is 3.73. The van der Waals surface area contributed by atoms with Crippen molar-refractivity contribution in [3.63, 3.8) is 0 Å². The maximum atomic E-state index is 14.0. The number of carbonyl (C=O) groups excluding carboxylic acids is 1. The van der Waals surface area contributed by atoms with Gasteiger partial charge in [-0.15, -0.1) is 5.10 Å². The van der Waals surface area contributed by atoms with Crippen molar-refractivity contribution in [2.75, 3.05) is 12.4 Å². The number of imidazole rings is 1. The molecule has 6 rings (SSSR count). The highest BCUT2D eigenvalue weighted by Gasteiger charge is 2.35. The predicted molar refractivity (Wildman–Crippen MR) is 145 cm³/mol. The van der Waals surface area contributed by atoms with Crippen molar-refractivity contribution in [3.05, 3.63) is 93.5 Å². The number of H-pyrrole nitrogens is 1. The van der Waals surface area contributed by atoms with Crippen LogP contribution in [0, 0.1) is 0 Å². The average molecular weight is 597 g/mol. The molecule has 0 unspecified atom stereocenters. The minimum Gasteiger partial charge on any atom is -0.453 e. The lowest BCUT2D eigenvalue weighted by molar-refractivity contribution is -0.137. The Balaban J connectivity index is 1.35. The molecule has 0 spiro atoms. The molecule has 0 saturated carbocycles. The first-order chi connectivity index (χ1) is 20.1. The molecule has 0 saturated heterocycles. The van der Waals surface area contributed by atoms with Gasteiger partial charge in [0.2, 0.25) is 0 Å². The summed E-state index contributed by atoms with van der Waals surface area (Å²) < 4.78 is 49.4. The fraction of sp³-hybridized carbons (Fsp3) is 0.185. The van der Waals surface area contributed by atoms with Crippen molar-refractivity contribution in [1.82, 2.24) is 34.7 Å². The molecule has 1 amide bonds. The van der Waals surface area contributed by atoms with E-state index in [-0.39, 0.29) is 22.5 Å². The molecular formula is C27H20ClF3N8O3. The summed E-state index contributed by atoms with van der Waals surface area (Å²) in [7, 11) is 1.11. The quantitative estimate of drug-likeness (QED) is 0.282. The molecule has 214 valence electrons. The summed E-state index contributed by atoms with van der Waals surface area (Å²) in [6, 6.07) is 11.4. The standard InChI is InChI=1S/C27H20ClF3N8O3/c1-42-26(41)34-16-3-5-18(20(11-16)27(29,30)31)21-12-32-25(35-21)23-7-4-17-8-14(9-24(40)39(17)23)19-10-15(28)2-6-22(19)38-13-33-36-37-38/h2-3,5-6,8-13,23H,4,7H2,1H3,(H,32,35)(H,34,41)/t23-/m0/s1. The first kappa shape index (κ1) is 27.2. The Morgan fingerprint density at radius 3 is 2.71 bits per heavy atom. The van der Waals surface area contributed by atoms with Gasteiger partial charge in [0.25, 0.3) is 5.56 Å². The molecule has 3 aromatic heterocycles. The Labute approximate surface area is 239 Å². The number of fused-ring (bicyclic) bond motifs is 1. The van der Waals surface area contributed by atoms with Crippen molar-refractivity contribution in [1.29, 1.82) is 0 Å². The van der Waals surface area contributed by atoms with Crippen LogP contribution < -0.4 is 10.9 Å². The van der Waals surface area contributed by atoms with Gasteiger partial charge in [-0.1, -0.05) is 17.7 Å². The summed E-state index contributed by atoms with van der Waals surface area (Å²) in [6.07, 6.45) is -1.83. The van der Waals surface area contributed by atoms with Crippen molar-refractivity contribution in [2.24, 2.45) is 0 Å². The lowest BCUT2D eigenvalue weighted by Crippen LogP contribution is -2.24. The number of methoxy groups -OCH3 is 1. The molecular weight excluding hydrogens is 577 g/mol. The van der Waals surface area contributed by atoms with Crippen molar-refractivity contribution < 1.29 is 22.7 Å². The van der Waals surface area contributed by atoms with Crippen molar-refractivity contribution in [3.8, 4) is 28.1 Å². The molecule has 1 aliphatic heterocycles. The third-order valence-corrected chi connectivity index (χ3v) is 7.19. The van der Waals surface area contributed by atoms with E-state index in [2.05, 4.69) is 35.5 Å². The monoisotopic (exact) mass is 596 g/mol. The summed E-state index contributed by atoms with van der Waals surface area (Å²) in [4.78, 5) is 32.2. The van der Waals surface area contributed by atoms with E-state index < -0.39 is 23.9 Å². The molecule has 1 atom stereocenters. The number of anilines is 1. The van der Waals surface area contributed by atoms with Gasteiger partial charge in [0.05, 0.1) is 36.3 Å². The number of ether oxygens (including phenoxy) is 1. The normalized spacial score (nSPS) is 14.5. The van der Waals surface area contributed by atoms with Gasteiger partial charge in [0.15, 0.2) is 0 Å². The van der Waals surface area contributed by atoms with Crippen molar-refractivity contribution >= 4 is 23.4 Å². The predicted octanol–water partition coefficient (Wildman–Crippen LogP) is 5.27. The highest BCUT2D eigenvalue weighted by atomic mass is 35.5. The number of aromatic amines is 1. The molecule has 0 fully saturated rings. The fourth-order valence-corrected chi connectivity index (χ4v) is 5.30. The third-order valence-electron chi connectivity index (χ3n) is 6.96. The van der Waals surface area contributed by atoms with Crippen molar-refractivity contribution in [2.45, 2.75) is 25.1 Å². The second-order valence-electron chi connectivity index (χ2n) is 9.47. The highest BCUT2D eigenvalue weighted by molar-refractivity contribution is 6.31. The van der Waals surface area contributed by atoms with E-state index in [1.54, 1.807) is 22.8 Å². The van der Waals surface area contributed by atoms with Gasteiger partial charge < -0.3 is 14.3 Å². The molecule has 0 aliphatic carbocycles. The number of rotatable bonds is 5. The molecule has 5 aromatic rings. The fourth-order valence-electron chi connectivity index (χ4n) is 5.12. The van der Waals surface area contributed by atoms with Crippen LogP contribution in [-0.4, -0.2) is 47.9 Å². The molecule has 0 bridgehead atoms. The zero-order valence-corrected chi connectivity index (χ0v) is 22.4. The van der Waals surface area contributed by atoms with E-state index in [4.69, 9.17) is 11.6 Å². The number of nitrogens with zero attached hydrogens (tertiary/aromatic N) is 6. The Morgan fingerprint density at radius 1 is 1.14 bits per heavy atom. The van der Waals surface area contributed by atoms with Crippen LogP contribution in [0.25, 0.3) is 28.1 Å². The van der Waals surface area contributed by atoms with Gasteiger partial charge in [-0.3, -0.25) is 10.1 Å². The van der Waals surface area contributed by atoms with Gasteiger partial charge in [-0.2, -0.15) is 17.9 Å². The summed E-state index contributed by atoms with van der Waals surface area (Å²) in [6.45, 7) is 0. The smallest absolute Gasteiger partial charge is 0.417 e. The van der Waals surface area contributed by atoms with E-state index in [0.29, 0.717) is 40.5 Å². The molecule has 2 aromatic carbocycles. The summed E-state index contributed by atoms with van der Waals surface area (Å²) in [5.41, 5.74) is 1.25. The number of hydrogen-bond acceptors (Lipinski definition) is 7. The molecule has 11 nitrogen and oxygen atoms in total. The Kier molecular flexibility index (Phi) is 6.77. The second kappa shape index (κ2) is 10.4. The number of benzene rings is 2. The minimum atomic E-state index is -4.72. The topological polar surface area (TPSA) is 133 Å². The Bertz CT molecular complexity index is 1870. The number of halogens is 4. The third kappa shape index (κ3) is 5.00. The van der Waals surface area contributed by atoms with Crippen LogP contribution in [0.1, 0.15) is 29.5 Å². The van der Waals surface area contributed by atoms with Gasteiger partial charge in [-0.05, 0) is 65.2 Å². The zero-order valence-electron chi connectivity index (χ0n) is 21.7.